The molecule has 2 aromatic rings. The van der Waals surface area contributed by atoms with Gasteiger partial charge in [-0.15, -0.1) is 0 Å². The van der Waals surface area contributed by atoms with Crippen molar-refractivity contribution in [2.24, 2.45) is 0 Å². The number of esters is 1. The minimum Gasteiger partial charge on any atom is -0.460 e. The minimum atomic E-state index is -3.04. The van der Waals surface area contributed by atoms with Crippen LogP contribution in [-0.4, -0.2) is 62.4 Å². The average Bonchev–Trinajstić information content (AvgIpc) is 2.75. The predicted octanol–water partition coefficient (Wildman–Crippen LogP) is 1.84. The number of aliphatic hydroxyl groups excluding tert-OH is 1. The molecule has 0 bridgehead atoms. The summed E-state index contributed by atoms with van der Waals surface area (Å²) in [5.74, 6) is -2.98. The minimum absolute atomic E-state index is 0.0233. The van der Waals surface area contributed by atoms with Gasteiger partial charge in [-0.1, -0.05) is 54.6 Å². The van der Waals surface area contributed by atoms with Crippen LogP contribution < -0.4 is 0 Å². The zero-order valence-corrected chi connectivity index (χ0v) is 18.8. The summed E-state index contributed by atoms with van der Waals surface area (Å²) in [7, 11) is 0. The molecule has 0 fully saturated rings. The predicted molar refractivity (Wildman–Crippen MR) is 118 cm³/mol. The number of ether oxygens (including phenoxy) is 2. The summed E-state index contributed by atoms with van der Waals surface area (Å²) in [6, 6.07) is 14.5. The van der Waals surface area contributed by atoms with Crippen molar-refractivity contribution >= 4 is 17.5 Å². The first-order chi connectivity index (χ1) is 15.4. The highest BCUT2D eigenvalue weighted by Crippen LogP contribution is 2.40. The van der Waals surface area contributed by atoms with E-state index in [2.05, 4.69) is 0 Å². The molecule has 3 N–H and O–H groups in total. The van der Waals surface area contributed by atoms with Gasteiger partial charge < -0.3 is 24.8 Å². The van der Waals surface area contributed by atoms with Crippen molar-refractivity contribution in [2.75, 3.05) is 6.61 Å². The van der Waals surface area contributed by atoms with Crippen molar-refractivity contribution in [3.8, 4) is 0 Å². The van der Waals surface area contributed by atoms with Gasteiger partial charge in [0.15, 0.2) is 11.2 Å². The van der Waals surface area contributed by atoms with Crippen LogP contribution in [0.4, 0.5) is 0 Å². The third kappa shape index (κ3) is 4.74. The second-order valence-electron chi connectivity index (χ2n) is 9.12. The molecule has 1 aliphatic rings. The van der Waals surface area contributed by atoms with E-state index >= 15 is 0 Å². The zero-order valence-electron chi connectivity index (χ0n) is 18.8. The smallest absolute Gasteiger partial charge is 0.309 e. The monoisotopic (exact) mass is 456 g/mol. The standard InChI is InChI=1S/C25H28O8/c1-23(2,3)33-20(27)13-19(26)25(31)22(29)18-12-8-7-11-17(18)21(28)24(25,30)15-32-14-16-9-5-4-6-10-16/h4-12,19,26,30-31H,13-15H2,1-3H3/t19-,24-,25+/m1/s1. The molecule has 2 aromatic carbocycles. The summed E-state index contributed by atoms with van der Waals surface area (Å²) < 4.78 is 10.7. The number of fused-ring (bicyclic) bond motifs is 1. The molecule has 8 nitrogen and oxygen atoms in total. The van der Waals surface area contributed by atoms with Crippen LogP contribution in [0.2, 0.25) is 0 Å². The Hall–Kier alpha value is -2.91. The Labute approximate surface area is 191 Å². The number of benzene rings is 2. The molecule has 176 valence electrons. The first kappa shape index (κ1) is 24.7. The lowest BCUT2D eigenvalue weighted by Crippen LogP contribution is -2.73. The molecular weight excluding hydrogens is 428 g/mol. The summed E-state index contributed by atoms with van der Waals surface area (Å²) in [4.78, 5) is 38.9. The Morgan fingerprint density at radius 1 is 0.939 bits per heavy atom. The average molecular weight is 456 g/mol. The lowest BCUT2D eigenvalue weighted by molar-refractivity contribution is -0.186. The highest BCUT2D eigenvalue weighted by atomic mass is 16.6. The SMILES string of the molecule is CC(C)(C)OC(=O)C[C@@H](O)[C@]1(O)C(=O)c2ccccc2C(=O)[C@]1(O)COCc1ccccc1. The van der Waals surface area contributed by atoms with Gasteiger partial charge in [0.05, 0.1) is 19.6 Å². The van der Waals surface area contributed by atoms with Gasteiger partial charge in [-0.25, -0.2) is 0 Å². The molecule has 3 rings (SSSR count). The molecule has 1 aliphatic carbocycles. The highest BCUT2D eigenvalue weighted by Gasteiger charge is 2.67. The fourth-order valence-corrected chi connectivity index (χ4v) is 3.85. The maximum Gasteiger partial charge on any atom is 0.309 e. The largest absolute Gasteiger partial charge is 0.460 e. The quantitative estimate of drug-likeness (QED) is 0.538. The van der Waals surface area contributed by atoms with Crippen LogP contribution in [0.1, 0.15) is 53.5 Å². The van der Waals surface area contributed by atoms with E-state index in [0.29, 0.717) is 0 Å². The number of Topliss-reactive ketones (excluding diaryl/α,β-unsaturated/α-hetero) is 2. The first-order valence-electron chi connectivity index (χ1n) is 10.5. The molecule has 3 atom stereocenters. The van der Waals surface area contributed by atoms with Gasteiger partial charge in [-0.2, -0.15) is 0 Å². The van der Waals surface area contributed by atoms with Gasteiger partial charge in [-0.3, -0.25) is 14.4 Å². The van der Waals surface area contributed by atoms with Crippen LogP contribution in [-0.2, 0) is 20.9 Å². The zero-order chi connectivity index (χ0) is 24.4. The van der Waals surface area contributed by atoms with Crippen LogP contribution >= 0.6 is 0 Å². The number of ketones is 2. The third-order valence-corrected chi connectivity index (χ3v) is 5.45. The number of hydrogen-bond donors (Lipinski definition) is 3. The molecule has 8 heteroatoms. The van der Waals surface area contributed by atoms with Crippen molar-refractivity contribution in [2.45, 2.75) is 56.7 Å². The fraction of sp³-hybridized carbons (Fsp3) is 0.400. The lowest BCUT2D eigenvalue weighted by Gasteiger charge is -2.46. The van der Waals surface area contributed by atoms with E-state index in [-0.39, 0.29) is 17.7 Å². The Balaban J connectivity index is 1.96. The van der Waals surface area contributed by atoms with E-state index < -0.39 is 53.5 Å². The van der Waals surface area contributed by atoms with E-state index in [9.17, 15) is 29.7 Å². The molecular formula is C25H28O8. The van der Waals surface area contributed by atoms with E-state index in [1.807, 2.05) is 6.07 Å². The van der Waals surface area contributed by atoms with Gasteiger partial charge in [-0.05, 0) is 26.3 Å². The molecule has 33 heavy (non-hydrogen) atoms. The van der Waals surface area contributed by atoms with E-state index in [1.165, 1.54) is 24.3 Å². The van der Waals surface area contributed by atoms with Gasteiger partial charge >= 0.3 is 5.97 Å². The Bertz CT molecular complexity index is 1040. The number of aliphatic hydroxyl groups is 3. The molecule has 0 aliphatic heterocycles. The van der Waals surface area contributed by atoms with Gasteiger partial charge in [0.1, 0.15) is 11.7 Å². The van der Waals surface area contributed by atoms with Gasteiger partial charge in [0, 0.05) is 11.1 Å². The third-order valence-electron chi connectivity index (χ3n) is 5.45. The molecule has 0 saturated carbocycles. The number of rotatable bonds is 7. The summed E-state index contributed by atoms with van der Waals surface area (Å²) in [5.41, 5.74) is -6.30. The summed E-state index contributed by atoms with van der Waals surface area (Å²) >= 11 is 0. The highest BCUT2D eigenvalue weighted by molar-refractivity contribution is 6.22. The molecule has 0 unspecified atom stereocenters. The molecule has 0 saturated heterocycles. The van der Waals surface area contributed by atoms with Crippen molar-refractivity contribution in [3.63, 3.8) is 0 Å². The van der Waals surface area contributed by atoms with Gasteiger partial charge in [0.2, 0.25) is 11.6 Å². The second kappa shape index (κ2) is 9.15. The number of hydrogen-bond acceptors (Lipinski definition) is 8. The van der Waals surface area contributed by atoms with Crippen LogP contribution in [0.15, 0.2) is 54.6 Å². The molecule has 0 amide bonds. The second-order valence-corrected chi connectivity index (χ2v) is 9.12. The van der Waals surface area contributed by atoms with Crippen LogP contribution in [0, 0.1) is 0 Å². The van der Waals surface area contributed by atoms with E-state index in [1.54, 1.807) is 45.0 Å². The number of carbonyl (C=O) groups is 3. The van der Waals surface area contributed by atoms with Crippen molar-refractivity contribution in [3.05, 3.63) is 71.3 Å². The van der Waals surface area contributed by atoms with Crippen molar-refractivity contribution in [1.29, 1.82) is 0 Å². The molecule has 0 heterocycles. The topological polar surface area (TPSA) is 130 Å². The van der Waals surface area contributed by atoms with Crippen LogP contribution in [0.3, 0.4) is 0 Å². The normalized spacial score (nSPS) is 23.7. The Morgan fingerprint density at radius 3 is 2.06 bits per heavy atom. The summed E-state index contributed by atoms with van der Waals surface area (Å²) in [5, 5.41) is 33.7. The first-order valence-corrected chi connectivity index (χ1v) is 10.5. The molecule has 0 radical (unpaired) electrons. The Morgan fingerprint density at radius 2 is 1.48 bits per heavy atom. The Kier molecular flexibility index (Phi) is 6.85. The lowest BCUT2D eigenvalue weighted by atomic mass is 9.64. The van der Waals surface area contributed by atoms with Gasteiger partial charge in [0.25, 0.3) is 0 Å². The van der Waals surface area contributed by atoms with Crippen LogP contribution in [0.25, 0.3) is 0 Å². The fourth-order valence-electron chi connectivity index (χ4n) is 3.85. The maximum absolute atomic E-state index is 13.3. The maximum atomic E-state index is 13.3. The van der Waals surface area contributed by atoms with E-state index in [4.69, 9.17) is 9.47 Å². The van der Waals surface area contributed by atoms with Crippen molar-refractivity contribution in [1.82, 2.24) is 0 Å². The van der Waals surface area contributed by atoms with Crippen LogP contribution in [0.5, 0.6) is 0 Å². The molecule has 0 spiro atoms. The van der Waals surface area contributed by atoms with E-state index in [0.717, 1.165) is 5.56 Å². The summed E-state index contributed by atoms with van der Waals surface area (Å²) in [6.07, 6.45) is -2.96. The molecule has 0 aromatic heterocycles. The number of carbonyl (C=O) groups excluding carboxylic acids is 3. The summed E-state index contributed by atoms with van der Waals surface area (Å²) in [6.45, 7) is 4.04. The van der Waals surface area contributed by atoms with Crippen molar-refractivity contribution < 1.29 is 39.2 Å².